The van der Waals surface area contributed by atoms with Gasteiger partial charge in [0, 0.05) is 18.1 Å². The number of fused-ring (bicyclic) bond motifs is 1. The Morgan fingerprint density at radius 1 is 1.31 bits per heavy atom. The minimum absolute atomic E-state index is 0.576. The van der Waals surface area contributed by atoms with E-state index < -0.39 is 0 Å². The van der Waals surface area contributed by atoms with Crippen LogP contribution in [0.5, 0.6) is 0 Å². The Hall–Kier alpha value is -1.75. The molecule has 13 heavy (non-hydrogen) atoms. The van der Waals surface area contributed by atoms with Crippen LogP contribution in [0.4, 0.5) is 0 Å². The third-order valence-corrected chi connectivity index (χ3v) is 2.13. The Morgan fingerprint density at radius 2 is 2.23 bits per heavy atom. The van der Waals surface area contributed by atoms with Crippen LogP contribution in [0.3, 0.4) is 0 Å². The minimum atomic E-state index is 0.576. The fourth-order valence-corrected chi connectivity index (χ4v) is 1.44. The fourth-order valence-electron chi connectivity index (χ4n) is 1.44. The summed E-state index contributed by atoms with van der Waals surface area (Å²) in [5.74, 6) is 0. The molecule has 0 radical (unpaired) electrons. The summed E-state index contributed by atoms with van der Waals surface area (Å²) in [5.41, 5.74) is 2.38. The molecule has 0 aliphatic rings. The lowest BCUT2D eigenvalue weighted by Crippen LogP contribution is -1.86. The molecule has 0 aliphatic heterocycles. The molecule has 0 atom stereocenters. The molecular formula is C11H10N2. The SMILES string of the molecule is [C-]#[N+]CCc1ccc2cc[nH]c2c1. The van der Waals surface area contributed by atoms with Gasteiger partial charge >= 0.3 is 0 Å². The van der Waals surface area contributed by atoms with Crippen LogP contribution in [0.15, 0.2) is 30.5 Å². The summed E-state index contributed by atoms with van der Waals surface area (Å²) in [6.07, 6.45) is 2.78. The van der Waals surface area contributed by atoms with Crippen LogP contribution in [0.2, 0.25) is 0 Å². The number of rotatable bonds is 2. The van der Waals surface area contributed by atoms with Gasteiger partial charge in [0.25, 0.3) is 0 Å². The van der Waals surface area contributed by atoms with Crippen LogP contribution in [0.25, 0.3) is 15.7 Å². The largest absolute Gasteiger partial charge is 0.361 e. The number of hydrogen-bond donors (Lipinski definition) is 1. The lowest BCUT2D eigenvalue weighted by molar-refractivity contribution is 1.08. The molecule has 1 aromatic heterocycles. The highest BCUT2D eigenvalue weighted by atomic mass is 14.7. The van der Waals surface area contributed by atoms with Crippen molar-refractivity contribution in [3.8, 4) is 0 Å². The molecule has 2 aromatic rings. The van der Waals surface area contributed by atoms with Gasteiger partial charge in [-0.25, -0.2) is 6.57 Å². The predicted octanol–water partition coefficient (Wildman–Crippen LogP) is 2.63. The number of aromatic nitrogens is 1. The standard InChI is InChI=1S/C11H10N2/c1-12-6-4-9-2-3-10-5-7-13-11(10)8-9/h2-3,5,7-8,13H,4,6H2. The molecule has 2 nitrogen and oxygen atoms in total. The average molecular weight is 170 g/mol. The summed E-state index contributed by atoms with van der Waals surface area (Å²) in [6.45, 7) is 7.28. The van der Waals surface area contributed by atoms with Gasteiger partial charge in [-0.05, 0) is 23.1 Å². The lowest BCUT2D eigenvalue weighted by atomic mass is 10.1. The summed E-state index contributed by atoms with van der Waals surface area (Å²) in [7, 11) is 0. The Kier molecular flexibility index (Phi) is 2.01. The van der Waals surface area contributed by atoms with Crippen molar-refractivity contribution in [3.63, 3.8) is 0 Å². The lowest BCUT2D eigenvalue weighted by Gasteiger charge is -1.95. The first-order chi connectivity index (χ1) is 6.40. The van der Waals surface area contributed by atoms with Gasteiger partial charge in [-0.2, -0.15) is 0 Å². The van der Waals surface area contributed by atoms with Gasteiger partial charge in [0.15, 0.2) is 0 Å². The number of nitrogens with one attached hydrogen (secondary N) is 1. The van der Waals surface area contributed by atoms with Crippen molar-refractivity contribution in [1.29, 1.82) is 0 Å². The first kappa shape index (κ1) is 7.88. The van der Waals surface area contributed by atoms with Gasteiger partial charge in [-0.3, -0.25) is 0 Å². The van der Waals surface area contributed by atoms with Crippen molar-refractivity contribution in [1.82, 2.24) is 4.98 Å². The Labute approximate surface area is 77.0 Å². The Balaban J connectivity index is 2.33. The second kappa shape index (κ2) is 3.32. The van der Waals surface area contributed by atoms with E-state index in [9.17, 15) is 0 Å². The maximum absolute atomic E-state index is 6.70. The Morgan fingerprint density at radius 3 is 3.08 bits per heavy atom. The van der Waals surface area contributed by atoms with Crippen LogP contribution in [-0.2, 0) is 6.42 Å². The van der Waals surface area contributed by atoms with Crippen molar-refractivity contribution in [2.24, 2.45) is 0 Å². The zero-order chi connectivity index (χ0) is 9.10. The molecule has 0 amide bonds. The molecular weight excluding hydrogens is 160 g/mol. The number of nitrogens with zero attached hydrogens (tertiary/aromatic N) is 1. The van der Waals surface area contributed by atoms with Gasteiger partial charge in [0.05, 0.1) is 0 Å². The maximum Gasteiger partial charge on any atom is 0.218 e. The number of hydrogen-bond acceptors (Lipinski definition) is 0. The molecule has 0 aliphatic carbocycles. The highest BCUT2D eigenvalue weighted by Gasteiger charge is 1.97. The molecule has 1 N–H and O–H groups in total. The number of benzene rings is 1. The van der Waals surface area contributed by atoms with Crippen molar-refractivity contribution < 1.29 is 0 Å². The first-order valence-corrected chi connectivity index (χ1v) is 4.29. The van der Waals surface area contributed by atoms with E-state index in [2.05, 4.69) is 28.0 Å². The normalized spacial score (nSPS) is 10.1. The van der Waals surface area contributed by atoms with Crippen LogP contribution in [0, 0.1) is 6.57 Å². The minimum Gasteiger partial charge on any atom is -0.361 e. The van der Waals surface area contributed by atoms with Crippen LogP contribution in [-0.4, -0.2) is 11.5 Å². The molecule has 1 heterocycles. The predicted molar refractivity (Wildman–Crippen MR) is 53.5 cm³/mol. The van der Waals surface area contributed by atoms with Crippen molar-refractivity contribution in [2.45, 2.75) is 6.42 Å². The van der Waals surface area contributed by atoms with E-state index in [1.807, 2.05) is 12.3 Å². The summed E-state index contributed by atoms with van der Waals surface area (Å²) >= 11 is 0. The van der Waals surface area contributed by atoms with Gasteiger partial charge in [-0.1, -0.05) is 12.1 Å². The Bertz CT molecular complexity index is 448. The monoisotopic (exact) mass is 170 g/mol. The highest BCUT2D eigenvalue weighted by molar-refractivity contribution is 5.79. The molecule has 1 aromatic carbocycles. The summed E-state index contributed by atoms with van der Waals surface area (Å²) in [5, 5.41) is 1.23. The molecule has 0 unspecified atom stereocenters. The van der Waals surface area contributed by atoms with E-state index in [1.54, 1.807) is 0 Å². The van der Waals surface area contributed by atoms with E-state index in [0.717, 1.165) is 11.9 Å². The van der Waals surface area contributed by atoms with E-state index >= 15 is 0 Å². The molecule has 0 fully saturated rings. The third-order valence-electron chi connectivity index (χ3n) is 2.13. The van der Waals surface area contributed by atoms with Crippen LogP contribution in [0.1, 0.15) is 5.56 Å². The smallest absolute Gasteiger partial charge is 0.218 e. The van der Waals surface area contributed by atoms with E-state index in [-0.39, 0.29) is 0 Å². The molecule has 0 saturated carbocycles. The zero-order valence-electron chi connectivity index (χ0n) is 7.25. The molecule has 64 valence electrons. The fraction of sp³-hybridized carbons (Fsp3) is 0.182. The van der Waals surface area contributed by atoms with Crippen molar-refractivity contribution in [2.75, 3.05) is 6.54 Å². The van der Waals surface area contributed by atoms with Crippen molar-refractivity contribution in [3.05, 3.63) is 47.4 Å². The number of H-pyrrole nitrogens is 1. The summed E-state index contributed by atoms with van der Waals surface area (Å²) in [6, 6.07) is 8.33. The zero-order valence-corrected chi connectivity index (χ0v) is 7.25. The molecule has 0 saturated heterocycles. The second-order valence-corrected chi connectivity index (χ2v) is 3.03. The van der Waals surface area contributed by atoms with Crippen molar-refractivity contribution >= 4 is 10.9 Å². The molecule has 0 spiro atoms. The highest BCUT2D eigenvalue weighted by Crippen LogP contribution is 2.14. The number of aromatic amines is 1. The summed E-state index contributed by atoms with van der Waals surface area (Å²) < 4.78 is 0. The quantitative estimate of drug-likeness (QED) is 0.669. The van der Waals surface area contributed by atoms with Crippen LogP contribution < -0.4 is 0 Å². The van der Waals surface area contributed by atoms with Gasteiger partial charge < -0.3 is 9.83 Å². The molecule has 2 heteroatoms. The van der Waals surface area contributed by atoms with Gasteiger partial charge in [0.1, 0.15) is 0 Å². The summed E-state index contributed by atoms with van der Waals surface area (Å²) in [4.78, 5) is 6.50. The molecule has 0 bridgehead atoms. The van der Waals surface area contributed by atoms with E-state index in [0.29, 0.717) is 6.54 Å². The van der Waals surface area contributed by atoms with E-state index in [1.165, 1.54) is 10.9 Å². The van der Waals surface area contributed by atoms with Gasteiger partial charge in [-0.15, -0.1) is 0 Å². The third kappa shape index (κ3) is 1.54. The van der Waals surface area contributed by atoms with Gasteiger partial charge in [0.2, 0.25) is 6.54 Å². The first-order valence-electron chi connectivity index (χ1n) is 4.29. The van der Waals surface area contributed by atoms with E-state index in [4.69, 9.17) is 6.57 Å². The average Bonchev–Trinajstić information content (AvgIpc) is 2.61. The van der Waals surface area contributed by atoms with Crippen LogP contribution >= 0.6 is 0 Å². The maximum atomic E-state index is 6.70. The second-order valence-electron chi connectivity index (χ2n) is 3.03. The molecule has 2 rings (SSSR count). The topological polar surface area (TPSA) is 20.1 Å².